The van der Waals surface area contributed by atoms with Crippen LogP contribution in [0.2, 0.25) is 0 Å². The van der Waals surface area contributed by atoms with Gasteiger partial charge in [-0.25, -0.2) is 10.1 Å². The number of nitro groups is 1. The Kier molecular flexibility index (Phi) is 3.42. The Labute approximate surface area is 79.6 Å². The molecule has 14 heavy (non-hydrogen) atoms. The summed E-state index contributed by atoms with van der Waals surface area (Å²) in [5, 5.41) is 8.92. The van der Waals surface area contributed by atoms with E-state index in [9.17, 15) is 14.9 Å². The van der Waals surface area contributed by atoms with Crippen molar-refractivity contribution < 1.29 is 14.6 Å². The average Bonchev–Trinajstić information content (AvgIpc) is 2.15. The van der Waals surface area contributed by atoms with Gasteiger partial charge in [0.15, 0.2) is 11.6 Å². The van der Waals surface area contributed by atoms with Crippen LogP contribution in [0.4, 0.5) is 0 Å². The lowest BCUT2D eigenvalue weighted by molar-refractivity contribution is -0.530. The molecule has 0 fully saturated rings. The summed E-state index contributed by atoms with van der Waals surface area (Å²) in [5.74, 6) is -0.301. The number of nitrogens with zero attached hydrogens (tertiary/aromatic N) is 1. The van der Waals surface area contributed by atoms with Crippen molar-refractivity contribution in [2.24, 2.45) is 0 Å². The first-order chi connectivity index (χ1) is 6.68. The number of hydrogen-bond acceptors (Lipinski definition) is 4. The number of hydrazine groups is 1. The second kappa shape index (κ2) is 4.80. The van der Waals surface area contributed by atoms with E-state index >= 15 is 0 Å². The van der Waals surface area contributed by atoms with Crippen LogP contribution in [0.5, 0.6) is 5.75 Å². The van der Waals surface area contributed by atoms with E-state index in [-0.39, 0.29) is 6.61 Å². The van der Waals surface area contributed by atoms with Crippen molar-refractivity contribution in [3.8, 4) is 5.75 Å². The number of hydrogen-bond donors (Lipinski definition) is 1. The molecule has 0 saturated carbocycles. The van der Waals surface area contributed by atoms with Gasteiger partial charge in [-0.3, -0.25) is 4.79 Å². The summed E-state index contributed by atoms with van der Waals surface area (Å²) < 4.78 is 4.95. The summed E-state index contributed by atoms with van der Waals surface area (Å²) in [6.45, 7) is -0.370. The number of benzene rings is 1. The summed E-state index contributed by atoms with van der Waals surface area (Å²) in [5.41, 5.74) is 1.47. The Bertz CT molecular complexity index is 325. The maximum atomic E-state index is 10.7. The third-order valence-corrected chi connectivity index (χ3v) is 1.33. The molecular weight excluding hydrogens is 188 g/mol. The van der Waals surface area contributed by atoms with Gasteiger partial charge < -0.3 is 4.74 Å². The Morgan fingerprint density at radius 1 is 1.43 bits per heavy atom. The molecule has 6 nitrogen and oxygen atoms in total. The van der Waals surface area contributed by atoms with E-state index in [0.717, 1.165) is 0 Å². The smallest absolute Gasteiger partial charge is 0.317 e. The molecule has 1 aromatic rings. The molecule has 0 radical (unpaired) electrons. The van der Waals surface area contributed by atoms with Crippen molar-refractivity contribution in [1.29, 1.82) is 0 Å². The van der Waals surface area contributed by atoms with E-state index in [4.69, 9.17) is 4.74 Å². The first-order valence-corrected chi connectivity index (χ1v) is 3.80. The quantitative estimate of drug-likeness (QED) is 0.557. The number of ether oxygens (including phenoxy) is 1. The number of para-hydroxylation sites is 1. The summed E-state index contributed by atoms with van der Waals surface area (Å²) in [6.07, 6.45) is 0. The molecule has 0 atom stereocenters. The Morgan fingerprint density at radius 2 is 2.07 bits per heavy atom. The van der Waals surface area contributed by atoms with E-state index in [1.54, 1.807) is 30.3 Å². The third kappa shape index (κ3) is 3.53. The van der Waals surface area contributed by atoms with Crippen molar-refractivity contribution in [1.82, 2.24) is 5.43 Å². The van der Waals surface area contributed by atoms with Crippen LogP contribution in [-0.4, -0.2) is 17.5 Å². The molecule has 0 heterocycles. The van der Waals surface area contributed by atoms with Crippen molar-refractivity contribution >= 4 is 5.91 Å². The summed E-state index contributed by atoms with van der Waals surface area (Å²) in [4.78, 5) is 20.6. The molecule has 0 spiro atoms. The zero-order valence-electron chi connectivity index (χ0n) is 7.17. The lowest BCUT2D eigenvalue weighted by Gasteiger charge is -2.02. The second-order valence-electron chi connectivity index (χ2n) is 2.39. The minimum absolute atomic E-state index is 0.370. The van der Waals surface area contributed by atoms with Crippen LogP contribution in [0.25, 0.3) is 0 Å². The zero-order valence-corrected chi connectivity index (χ0v) is 7.17. The van der Waals surface area contributed by atoms with Crippen LogP contribution >= 0.6 is 0 Å². The Hall–Kier alpha value is -2.11. The number of amides is 1. The van der Waals surface area contributed by atoms with Crippen LogP contribution in [0.1, 0.15) is 0 Å². The zero-order chi connectivity index (χ0) is 10.4. The molecule has 1 aromatic carbocycles. The summed E-state index contributed by atoms with van der Waals surface area (Å²) >= 11 is 0. The fourth-order valence-corrected chi connectivity index (χ4v) is 0.800. The molecule has 0 bridgehead atoms. The van der Waals surface area contributed by atoms with Gasteiger partial charge in [-0.05, 0) is 12.1 Å². The summed E-state index contributed by atoms with van der Waals surface area (Å²) in [7, 11) is 0. The molecule has 0 saturated heterocycles. The molecule has 0 unspecified atom stereocenters. The van der Waals surface area contributed by atoms with Gasteiger partial charge in [0.2, 0.25) is 0 Å². The number of carbonyl (C=O) groups excluding carboxylic acids is 1. The monoisotopic (exact) mass is 196 g/mol. The number of rotatable bonds is 4. The van der Waals surface area contributed by atoms with Gasteiger partial charge >= 0.3 is 5.91 Å². The molecule has 74 valence electrons. The first-order valence-electron chi connectivity index (χ1n) is 3.80. The highest BCUT2D eigenvalue weighted by Crippen LogP contribution is 2.07. The van der Waals surface area contributed by atoms with Crippen LogP contribution in [-0.2, 0) is 4.79 Å². The normalized spacial score (nSPS) is 9.14. The van der Waals surface area contributed by atoms with Gasteiger partial charge in [0.05, 0.1) is 0 Å². The van der Waals surface area contributed by atoms with Gasteiger partial charge in [0.25, 0.3) is 0 Å². The Morgan fingerprint density at radius 3 is 2.64 bits per heavy atom. The fourth-order valence-electron chi connectivity index (χ4n) is 0.800. The topological polar surface area (TPSA) is 81.5 Å². The molecule has 1 N–H and O–H groups in total. The molecule has 1 rings (SSSR count). The van der Waals surface area contributed by atoms with Gasteiger partial charge in [-0.1, -0.05) is 23.6 Å². The van der Waals surface area contributed by atoms with E-state index in [2.05, 4.69) is 0 Å². The van der Waals surface area contributed by atoms with E-state index < -0.39 is 10.9 Å². The van der Waals surface area contributed by atoms with Crippen molar-refractivity contribution in [2.75, 3.05) is 6.61 Å². The molecule has 1 amide bonds. The molecule has 0 aliphatic rings. The van der Waals surface area contributed by atoms with Crippen LogP contribution in [0.15, 0.2) is 30.3 Å². The van der Waals surface area contributed by atoms with Gasteiger partial charge in [0, 0.05) is 0 Å². The molecular formula is C8H8N2O4. The van der Waals surface area contributed by atoms with Crippen molar-refractivity contribution in [2.45, 2.75) is 0 Å². The maximum Gasteiger partial charge on any atom is 0.317 e. The second-order valence-corrected chi connectivity index (χ2v) is 2.39. The van der Waals surface area contributed by atoms with Crippen molar-refractivity contribution in [3.05, 3.63) is 40.4 Å². The van der Waals surface area contributed by atoms with Crippen LogP contribution in [0, 0.1) is 10.1 Å². The molecule has 0 aliphatic heterocycles. The molecule has 0 aromatic heterocycles. The van der Waals surface area contributed by atoms with E-state index in [0.29, 0.717) is 5.75 Å². The largest absolute Gasteiger partial charge is 0.484 e. The van der Waals surface area contributed by atoms with Gasteiger partial charge in [-0.2, -0.15) is 0 Å². The molecule has 0 aliphatic carbocycles. The SMILES string of the molecule is O=C(COc1ccccc1)N[N+](=O)[O-]. The van der Waals surface area contributed by atoms with Crippen LogP contribution in [0.3, 0.4) is 0 Å². The highest BCUT2D eigenvalue weighted by molar-refractivity contribution is 5.76. The van der Waals surface area contributed by atoms with E-state index in [1.165, 1.54) is 5.43 Å². The highest BCUT2D eigenvalue weighted by Gasteiger charge is 2.07. The third-order valence-electron chi connectivity index (χ3n) is 1.33. The summed E-state index contributed by atoms with van der Waals surface area (Å²) in [6, 6.07) is 8.57. The minimum atomic E-state index is -0.920. The standard InChI is InChI=1S/C8H8N2O4/c11-8(9-10(12)13)6-14-7-4-2-1-3-5-7/h1-5H,6H2,(H,9,11). The number of carbonyl (C=O) groups is 1. The average molecular weight is 196 g/mol. The lowest BCUT2D eigenvalue weighted by Crippen LogP contribution is -2.33. The minimum Gasteiger partial charge on any atom is -0.484 e. The predicted molar refractivity (Wildman–Crippen MR) is 47.1 cm³/mol. The molecule has 6 heteroatoms. The highest BCUT2D eigenvalue weighted by atomic mass is 16.7. The first kappa shape index (κ1) is 9.97. The Balaban J connectivity index is 2.34. The van der Waals surface area contributed by atoms with Gasteiger partial charge in [-0.15, -0.1) is 0 Å². The number of nitrogens with one attached hydrogen (secondary N) is 1. The van der Waals surface area contributed by atoms with Gasteiger partial charge in [0.1, 0.15) is 5.75 Å². The maximum absolute atomic E-state index is 10.7. The predicted octanol–water partition coefficient (Wildman–Crippen LogP) is 0.373. The van der Waals surface area contributed by atoms with Crippen molar-refractivity contribution in [3.63, 3.8) is 0 Å². The van der Waals surface area contributed by atoms with Crippen LogP contribution < -0.4 is 10.2 Å². The fraction of sp³-hybridized carbons (Fsp3) is 0.125. The van der Waals surface area contributed by atoms with E-state index in [1.807, 2.05) is 0 Å². The lowest BCUT2D eigenvalue weighted by atomic mass is 10.3.